The average molecular weight is 393 g/mol. The molecule has 2 aromatic heterocycles. The fourth-order valence-electron chi connectivity index (χ4n) is 2.50. The molecule has 22 heavy (non-hydrogen) atoms. The van der Waals surface area contributed by atoms with Gasteiger partial charge < -0.3 is 5.32 Å². The SMILES string of the molecule is N#Cc1c(NC(=O)/C=C/c2ccc(Br)s2)sc2c1CCCC2. The van der Waals surface area contributed by atoms with Crippen molar-refractivity contribution in [3.05, 3.63) is 42.9 Å². The second-order valence-corrected chi connectivity index (χ2v) is 8.59. The molecule has 0 aliphatic heterocycles. The van der Waals surface area contributed by atoms with Gasteiger partial charge in [0.1, 0.15) is 11.1 Å². The summed E-state index contributed by atoms with van der Waals surface area (Å²) in [6.07, 6.45) is 7.55. The molecule has 6 heteroatoms. The number of halogens is 1. The molecule has 1 aliphatic rings. The first kappa shape index (κ1) is 15.5. The van der Waals surface area contributed by atoms with Crippen molar-refractivity contribution in [2.45, 2.75) is 25.7 Å². The number of carbonyl (C=O) groups excluding carboxylic acids is 1. The number of nitriles is 1. The Morgan fingerprint density at radius 1 is 1.32 bits per heavy atom. The molecule has 1 amide bonds. The molecule has 0 saturated carbocycles. The first-order valence-corrected chi connectivity index (χ1v) is 9.39. The van der Waals surface area contributed by atoms with Gasteiger partial charge in [0.25, 0.3) is 0 Å². The first-order valence-electron chi connectivity index (χ1n) is 6.96. The first-order chi connectivity index (χ1) is 10.7. The molecule has 0 saturated heterocycles. The highest BCUT2D eigenvalue weighted by Crippen LogP contribution is 2.37. The number of anilines is 1. The van der Waals surface area contributed by atoms with Crippen LogP contribution < -0.4 is 5.32 Å². The monoisotopic (exact) mass is 392 g/mol. The summed E-state index contributed by atoms with van der Waals surface area (Å²) in [6, 6.07) is 6.15. The standard InChI is InChI=1S/C16H13BrN2OS2/c17-14-7-5-10(21-14)6-8-15(20)19-16-12(9-18)11-3-1-2-4-13(11)22-16/h5-8H,1-4H2,(H,19,20)/b8-6+. The van der Waals surface area contributed by atoms with Crippen LogP contribution in [0.3, 0.4) is 0 Å². The predicted octanol–water partition coefficient (Wildman–Crippen LogP) is 4.97. The van der Waals surface area contributed by atoms with Crippen LogP contribution in [0.5, 0.6) is 0 Å². The lowest BCUT2D eigenvalue weighted by Gasteiger charge is -2.09. The summed E-state index contributed by atoms with van der Waals surface area (Å²) < 4.78 is 1.03. The highest BCUT2D eigenvalue weighted by Gasteiger charge is 2.21. The Labute approximate surface area is 145 Å². The molecule has 2 heterocycles. The quantitative estimate of drug-likeness (QED) is 0.749. The third kappa shape index (κ3) is 3.32. The maximum Gasteiger partial charge on any atom is 0.249 e. The van der Waals surface area contributed by atoms with Gasteiger partial charge in [-0.25, -0.2) is 0 Å². The molecular weight excluding hydrogens is 380 g/mol. The van der Waals surface area contributed by atoms with E-state index >= 15 is 0 Å². The summed E-state index contributed by atoms with van der Waals surface area (Å²) in [5.41, 5.74) is 1.79. The Morgan fingerprint density at radius 3 is 2.86 bits per heavy atom. The zero-order chi connectivity index (χ0) is 15.5. The molecule has 2 aromatic rings. The average Bonchev–Trinajstić information content (AvgIpc) is 3.08. The fraction of sp³-hybridized carbons (Fsp3) is 0.250. The van der Waals surface area contributed by atoms with Gasteiger partial charge in [-0.1, -0.05) is 0 Å². The van der Waals surface area contributed by atoms with Crippen molar-refractivity contribution in [1.82, 2.24) is 0 Å². The summed E-state index contributed by atoms with van der Waals surface area (Å²) in [6.45, 7) is 0. The van der Waals surface area contributed by atoms with E-state index in [0.717, 1.165) is 33.5 Å². The molecule has 0 fully saturated rings. The minimum absolute atomic E-state index is 0.195. The van der Waals surface area contributed by atoms with E-state index in [-0.39, 0.29) is 5.91 Å². The number of nitrogens with zero attached hydrogens (tertiary/aromatic N) is 1. The highest BCUT2D eigenvalue weighted by atomic mass is 79.9. The second kappa shape index (κ2) is 6.78. The van der Waals surface area contributed by atoms with Crippen molar-refractivity contribution < 1.29 is 4.79 Å². The lowest BCUT2D eigenvalue weighted by Crippen LogP contribution is -2.07. The van der Waals surface area contributed by atoms with Gasteiger partial charge in [-0.2, -0.15) is 5.26 Å². The smallest absolute Gasteiger partial charge is 0.249 e. The molecule has 3 rings (SSSR count). The zero-order valence-electron chi connectivity index (χ0n) is 11.7. The van der Waals surface area contributed by atoms with E-state index in [4.69, 9.17) is 0 Å². The second-order valence-electron chi connectivity index (χ2n) is 4.99. The van der Waals surface area contributed by atoms with Crippen LogP contribution in [0, 0.1) is 11.3 Å². The Kier molecular flexibility index (Phi) is 4.77. The lowest BCUT2D eigenvalue weighted by molar-refractivity contribution is -0.111. The number of carbonyl (C=O) groups is 1. The lowest BCUT2D eigenvalue weighted by atomic mass is 9.96. The summed E-state index contributed by atoms with van der Waals surface area (Å²) in [4.78, 5) is 14.3. The van der Waals surface area contributed by atoms with E-state index < -0.39 is 0 Å². The minimum Gasteiger partial charge on any atom is -0.313 e. The van der Waals surface area contributed by atoms with Gasteiger partial charge in [0, 0.05) is 15.8 Å². The number of hydrogen-bond acceptors (Lipinski definition) is 4. The van der Waals surface area contributed by atoms with E-state index in [1.54, 1.807) is 28.7 Å². The molecule has 0 spiro atoms. The molecule has 1 N–H and O–H groups in total. The Morgan fingerprint density at radius 2 is 2.14 bits per heavy atom. The summed E-state index contributed by atoms with van der Waals surface area (Å²) in [5, 5.41) is 12.9. The molecule has 0 aromatic carbocycles. The number of rotatable bonds is 3. The van der Waals surface area contributed by atoms with Gasteiger partial charge >= 0.3 is 0 Å². The van der Waals surface area contributed by atoms with Gasteiger partial charge in [0.2, 0.25) is 5.91 Å². The van der Waals surface area contributed by atoms with E-state index in [9.17, 15) is 10.1 Å². The maximum absolute atomic E-state index is 12.1. The van der Waals surface area contributed by atoms with Crippen LogP contribution in [0.4, 0.5) is 5.00 Å². The van der Waals surface area contributed by atoms with Gasteiger partial charge in [-0.05, 0) is 65.4 Å². The zero-order valence-corrected chi connectivity index (χ0v) is 14.9. The minimum atomic E-state index is -0.195. The summed E-state index contributed by atoms with van der Waals surface area (Å²) in [5.74, 6) is -0.195. The number of nitrogens with one attached hydrogen (secondary N) is 1. The van der Waals surface area contributed by atoms with Crippen LogP contribution >= 0.6 is 38.6 Å². The number of fused-ring (bicyclic) bond motifs is 1. The number of hydrogen-bond donors (Lipinski definition) is 1. The predicted molar refractivity (Wildman–Crippen MR) is 95.4 cm³/mol. The molecule has 1 aliphatic carbocycles. The van der Waals surface area contributed by atoms with Crippen molar-refractivity contribution in [2.24, 2.45) is 0 Å². The third-order valence-corrected chi connectivity index (χ3v) is 6.31. The molecule has 0 radical (unpaired) electrons. The third-order valence-electron chi connectivity index (χ3n) is 3.51. The normalized spacial score (nSPS) is 13.8. The van der Waals surface area contributed by atoms with E-state index in [1.807, 2.05) is 12.1 Å². The topological polar surface area (TPSA) is 52.9 Å². The van der Waals surface area contributed by atoms with Crippen LogP contribution in [0.15, 0.2) is 22.0 Å². The summed E-state index contributed by atoms with van der Waals surface area (Å²) in [7, 11) is 0. The van der Waals surface area contributed by atoms with Crippen molar-refractivity contribution in [1.29, 1.82) is 5.26 Å². The molecule has 3 nitrogen and oxygen atoms in total. The Bertz CT molecular complexity index is 783. The Balaban J connectivity index is 1.75. The van der Waals surface area contributed by atoms with Crippen LogP contribution in [0.25, 0.3) is 6.08 Å². The van der Waals surface area contributed by atoms with Gasteiger partial charge in [0.05, 0.1) is 9.35 Å². The number of amides is 1. The van der Waals surface area contributed by atoms with Crippen LogP contribution in [-0.2, 0) is 17.6 Å². The van der Waals surface area contributed by atoms with E-state index in [0.29, 0.717) is 10.6 Å². The maximum atomic E-state index is 12.1. The van der Waals surface area contributed by atoms with E-state index in [1.165, 1.54) is 17.4 Å². The van der Waals surface area contributed by atoms with Gasteiger partial charge in [-0.15, -0.1) is 22.7 Å². The number of thiophene rings is 2. The van der Waals surface area contributed by atoms with Crippen LogP contribution in [-0.4, -0.2) is 5.91 Å². The van der Waals surface area contributed by atoms with Crippen molar-refractivity contribution in [3.63, 3.8) is 0 Å². The van der Waals surface area contributed by atoms with E-state index in [2.05, 4.69) is 27.3 Å². The van der Waals surface area contributed by atoms with Crippen molar-refractivity contribution in [3.8, 4) is 6.07 Å². The molecule has 0 unspecified atom stereocenters. The Hall–Kier alpha value is -1.42. The van der Waals surface area contributed by atoms with Crippen LogP contribution in [0.2, 0.25) is 0 Å². The molecule has 0 bridgehead atoms. The molecule has 112 valence electrons. The molecular formula is C16H13BrN2OS2. The summed E-state index contributed by atoms with van der Waals surface area (Å²) >= 11 is 6.51. The van der Waals surface area contributed by atoms with Crippen molar-refractivity contribution >= 4 is 55.6 Å². The number of aryl methyl sites for hydroxylation is 1. The fourth-order valence-corrected chi connectivity index (χ4v) is 5.07. The van der Waals surface area contributed by atoms with Crippen LogP contribution in [0.1, 0.15) is 33.7 Å². The largest absolute Gasteiger partial charge is 0.313 e. The van der Waals surface area contributed by atoms with Gasteiger partial charge in [-0.3, -0.25) is 4.79 Å². The molecule has 0 atom stereocenters. The van der Waals surface area contributed by atoms with Gasteiger partial charge in [0.15, 0.2) is 0 Å². The highest BCUT2D eigenvalue weighted by molar-refractivity contribution is 9.11. The van der Waals surface area contributed by atoms with Crippen molar-refractivity contribution in [2.75, 3.05) is 5.32 Å².